The molecule has 3 aromatic rings. The predicted molar refractivity (Wildman–Crippen MR) is 125 cm³/mol. The van der Waals surface area contributed by atoms with Gasteiger partial charge in [0.2, 0.25) is 0 Å². The Morgan fingerprint density at radius 2 is 1.85 bits per heavy atom. The molecule has 1 fully saturated rings. The smallest absolute Gasteiger partial charge is 0.325 e. The van der Waals surface area contributed by atoms with Crippen LogP contribution in [-0.4, -0.2) is 69.8 Å². The fourth-order valence-electron chi connectivity index (χ4n) is 4.48. The van der Waals surface area contributed by atoms with E-state index in [1.54, 1.807) is 36.1 Å². The summed E-state index contributed by atoms with van der Waals surface area (Å²) in [4.78, 5) is 28.0. The first-order valence-corrected chi connectivity index (χ1v) is 11.1. The van der Waals surface area contributed by atoms with Crippen LogP contribution in [0.2, 0.25) is 5.02 Å². The fourth-order valence-corrected chi connectivity index (χ4v) is 4.70. The minimum atomic E-state index is -0.990. The molecule has 8 nitrogen and oxygen atoms in total. The third kappa shape index (κ3) is 5.13. The van der Waals surface area contributed by atoms with Crippen molar-refractivity contribution >= 4 is 34.4 Å². The van der Waals surface area contributed by atoms with Crippen molar-refractivity contribution in [3.05, 3.63) is 64.8 Å². The van der Waals surface area contributed by atoms with E-state index >= 15 is 0 Å². The predicted octanol–water partition coefficient (Wildman–Crippen LogP) is 3.33. The lowest BCUT2D eigenvalue weighted by Crippen LogP contribution is -2.48. The average Bonchev–Trinajstić information content (AvgIpc) is 3.11. The summed E-state index contributed by atoms with van der Waals surface area (Å²) in [7, 11) is 1.54. The van der Waals surface area contributed by atoms with Crippen LogP contribution in [0.3, 0.4) is 0 Å². The lowest BCUT2D eigenvalue weighted by Gasteiger charge is -2.37. The van der Waals surface area contributed by atoms with Crippen molar-refractivity contribution in [3.63, 3.8) is 0 Å². The normalized spacial score (nSPS) is 16.1. The van der Waals surface area contributed by atoms with Crippen LogP contribution < -0.4 is 4.74 Å². The summed E-state index contributed by atoms with van der Waals surface area (Å²) in [5.74, 6) is -1.36. The number of ether oxygens (including phenoxy) is 1. The van der Waals surface area contributed by atoms with Gasteiger partial charge in [0.15, 0.2) is 0 Å². The number of benzene rings is 2. The van der Waals surface area contributed by atoms with Crippen LogP contribution in [0.15, 0.2) is 48.7 Å². The van der Waals surface area contributed by atoms with E-state index in [4.69, 9.17) is 16.3 Å². The zero-order valence-electron chi connectivity index (χ0n) is 18.3. The van der Waals surface area contributed by atoms with E-state index in [0.29, 0.717) is 53.4 Å². The van der Waals surface area contributed by atoms with Crippen molar-refractivity contribution in [2.24, 2.45) is 0 Å². The molecule has 2 N–H and O–H groups in total. The summed E-state index contributed by atoms with van der Waals surface area (Å²) < 4.78 is 6.91. The SMILES string of the molecule is COc1ccc2c(c1)c(C(C(=O)O)N1CCN(Cc3cccc(Cl)c3)CC1)cn2CC(=O)O. The Morgan fingerprint density at radius 1 is 1.09 bits per heavy atom. The Balaban J connectivity index is 1.59. The van der Waals surface area contributed by atoms with Crippen molar-refractivity contribution in [1.82, 2.24) is 14.4 Å². The van der Waals surface area contributed by atoms with Crippen LogP contribution in [0.4, 0.5) is 0 Å². The lowest BCUT2D eigenvalue weighted by atomic mass is 10.0. The number of aromatic nitrogens is 1. The largest absolute Gasteiger partial charge is 0.497 e. The molecular weight excluding hydrogens is 446 g/mol. The fraction of sp³-hybridized carbons (Fsp3) is 0.333. The maximum Gasteiger partial charge on any atom is 0.325 e. The number of hydrogen-bond donors (Lipinski definition) is 2. The molecular formula is C24H26ClN3O5. The van der Waals surface area contributed by atoms with Crippen molar-refractivity contribution in [1.29, 1.82) is 0 Å². The number of nitrogens with zero attached hydrogens (tertiary/aromatic N) is 3. The minimum absolute atomic E-state index is 0.247. The van der Waals surface area contributed by atoms with Gasteiger partial charge >= 0.3 is 11.9 Å². The maximum absolute atomic E-state index is 12.4. The van der Waals surface area contributed by atoms with Crippen LogP contribution in [0.1, 0.15) is 17.2 Å². The molecule has 0 spiro atoms. The van der Waals surface area contributed by atoms with Gasteiger partial charge < -0.3 is 19.5 Å². The number of methoxy groups -OCH3 is 1. The van der Waals surface area contributed by atoms with E-state index in [-0.39, 0.29) is 6.54 Å². The highest BCUT2D eigenvalue weighted by molar-refractivity contribution is 6.30. The molecule has 1 unspecified atom stereocenters. The summed E-state index contributed by atoms with van der Waals surface area (Å²) >= 11 is 6.09. The van der Waals surface area contributed by atoms with Gasteiger partial charge in [0, 0.05) is 60.4 Å². The molecule has 0 aliphatic carbocycles. The number of hydrogen-bond acceptors (Lipinski definition) is 5. The first-order valence-electron chi connectivity index (χ1n) is 10.7. The molecule has 9 heteroatoms. The Hall–Kier alpha value is -3.07. The second-order valence-electron chi connectivity index (χ2n) is 8.17. The number of fused-ring (bicyclic) bond motifs is 1. The molecule has 0 saturated carbocycles. The monoisotopic (exact) mass is 471 g/mol. The Kier molecular flexibility index (Phi) is 6.88. The summed E-state index contributed by atoms with van der Waals surface area (Å²) in [6, 6.07) is 12.1. The molecule has 0 radical (unpaired) electrons. The van der Waals surface area contributed by atoms with Crippen molar-refractivity contribution in [2.45, 2.75) is 19.1 Å². The van der Waals surface area contributed by atoms with Crippen molar-refractivity contribution < 1.29 is 24.5 Å². The Bertz CT molecular complexity index is 1170. The van der Waals surface area contributed by atoms with Gasteiger partial charge in [-0.25, -0.2) is 0 Å². The minimum Gasteiger partial charge on any atom is -0.497 e. The van der Waals surface area contributed by atoms with E-state index < -0.39 is 18.0 Å². The second kappa shape index (κ2) is 9.82. The lowest BCUT2D eigenvalue weighted by molar-refractivity contribution is -0.144. The van der Waals surface area contributed by atoms with Crippen molar-refractivity contribution in [2.75, 3.05) is 33.3 Å². The number of aliphatic carboxylic acids is 2. The zero-order valence-corrected chi connectivity index (χ0v) is 19.0. The number of piperazine rings is 1. The molecule has 2 heterocycles. The van der Waals surface area contributed by atoms with Gasteiger partial charge in [-0.15, -0.1) is 0 Å². The molecule has 1 aliphatic rings. The van der Waals surface area contributed by atoms with Crippen LogP contribution in [-0.2, 0) is 22.7 Å². The zero-order chi connectivity index (χ0) is 23.5. The number of carbonyl (C=O) groups is 2. The van der Waals surface area contributed by atoms with Gasteiger partial charge in [0.1, 0.15) is 18.3 Å². The van der Waals surface area contributed by atoms with Crippen molar-refractivity contribution in [3.8, 4) is 5.75 Å². The molecule has 1 aliphatic heterocycles. The molecule has 1 aromatic heterocycles. The van der Waals surface area contributed by atoms with E-state index in [1.807, 2.05) is 29.2 Å². The molecule has 1 atom stereocenters. The van der Waals surface area contributed by atoms with Gasteiger partial charge in [0.25, 0.3) is 0 Å². The molecule has 0 bridgehead atoms. The summed E-state index contributed by atoms with van der Waals surface area (Å²) in [6.07, 6.45) is 1.65. The van der Waals surface area contributed by atoms with Crippen LogP contribution in [0, 0.1) is 0 Å². The highest BCUT2D eigenvalue weighted by Gasteiger charge is 2.33. The van der Waals surface area contributed by atoms with Crippen LogP contribution in [0.5, 0.6) is 5.75 Å². The van der Waals surface area contributed by atoms with E-state index in [2.05, 4.69) is 4.90 Å². The number of halogens is 1. The van der Waals surface area contributed by atoms with Gasteiger partial charge in [0.05, 0.1) is 7.11 Å². The molecule has 33 heavy (non-hydrogen) atoms. The third-order valence-electron chi connectivity index (χ3n) is 6.02. The van der Waals surface area contributed by atoms with Gasteiger partial charge in [-0.2, -0.15) is 0 Å². The Morgan fingerprint density at radius 3 is 2.48 bits per heavy atom. The maximum atomic E-state index is 12.4. The number of rotatable bonds is 8. The third-order valence-corrected chi connectivity index (χ3v) is 6.26. The summed E-state index contributed by atoms with van der Waals surface area (Å²) in [5.41, 5.74) is 2.36. The van der Waals surface area contributed by atoms with E-state index in [0.717, 1.165) is 12.1 Å². The second-order valence-corrected chi connectivity index (χ2v) is 8.61. The molecule has 0 amide bonds. The van der Waals surface area contributed by atoms with Crippen LogP contribution in [0.25, 0.3) is 10.9 Å². The first kappa shape index (κ1) is 23.1. The average molecular weight is 472 g/mol. The number of carboxylic acids is 2. The van der Waals surface area contributed by atoms with Gasteiger partial charge in [-0.05, 0) is 35.9 Å². The summed E-state index contributed by atoms with van der Waals surface area (Å²) in [6.45, 7) is 3.09. The highest BCUT2D eigenvalue weighted by Crippen LogP contribution is 2.33. The molecule has 174 valence electrons. The van der Waals surface area contributed by atoms with Gasteiger partial charge in [-0.1, -0.05) is 23.7 Å². The molecule has 1 saturated heterocycles. The first-order chi connectivity index (χ1) is 15.9. The number of carboxylic acid groups (broad SMARTS) is 2. The van der Waals surface area contributed by atoms with E-state index in [1.165, 1.54) is 0 Å². The van der Waals surface area contributed by atoms with Gasteiger partial charge in [-0.3, -0.25) is 19.4 Å². The topological polar surface area (TPSA) is 95.2 Å². The molecule has 4 rings (SSSR count). The standard InChI is InChI=1S/C24H26ClN3O5/c1-33-18-5-6-21-19(12-18)20(14-28(21)15-22(29)30)23(24(31)32)27-9-7-26(8-10-27)13-16-3-2-4-17(25)11-16/h2-6,11-12,14,23H,7-10,13,15H2,1H3,(H,29,30)(H,31,32). The quantitative estimate of drug-likeness (QED) is 0.520. The Labute approximate surface area is 196 Å². The van der Waals surface area contributed by atoms with Crippen LogP contribution >= 0.6 is 11.6 Å². The summed E-state index contributed by atoms with van der Waals surface area (Å²) in [5, 5.41) is 20.9. The van der Waals surface area contributed by atoms with E-state index in [9.17, 15) is 19.8 Å². The molecule has 2 aromatic carbocycles. The highest BCUT2D eigenvalue weighted by atomic mass is 35.5.